The monoisotopic (exact) mass is 447 g/mol. The lowest BCUT2D eigenvalue weighted by Gasteiger charge is -2.17. The number of halogens is 1. The number of carbonyl (C=O) groups excluding carboxylic acids is 1. The highest BCUT2D eigenvalue weighted by atomic mass is 19.1. The van der Waals surface area contributed by atoms with Crippen LogP contribution in [0, 0.1) is 5.82 Å². The van der Waals surface area contributed by atoms with Crippen LogP contribution in [0.25, 0.3) is 28.5 Å². The molecule has 0 fully saturated rings. The number of carboxylic acids is 1. The minimum absolute atomic E-state index is 0.0401. The smallest absolute Gasteiger partial charge is 0.310 e. The topological polar surface area (TPSA) is 87.5 Å². The van der Waals surface area contributed by atoms with Gasteiger partial charge in [0.25, 0.3) is 0 Å². The number of nitrogens with zero attached hydrogens (tertiary/aromatic N) is 1. The zero-order chi connectivity index (χ0) is 24.0. The van der Waals surface area contributed by atoms with Crippen molar-refractivity contribution in [3.8, 4) is 22.4 Å². The number of pyridine rings is 1. The minimum atomic E-state index is -1.22. The van der Waals surface area contributed by atoms with Gasteiger partial charge in [0, 0.05) is 17.5 Å². The van der Waals surface area contributed by atoms with Crippen molar-refractivity contribution < 1.29 is 24.2 Å². The Kier molecular flexibility index (Phi) is 7.85. The molecule has 33 heavy (non-hydrogen) atoms. The molecule has 170 valence electrons. The summed E-state index contributed by atoms with van der Waals surface area (Å²) in [5.41, 5.74) is 4.85. The molecule has 5 nitrogen and oxygen atoms in total. The number of aromatic nitrogens is 1. The third-order valence-electron chi connectivity index (χ3n) is 5.13. The summed E-state index contributed by atoms with van der Waals surface area (Å²) >= 11 is 0. The SMILES string of the molecule is CC(C)c1nc(-c2ccccc2)cc(-c2ccc(F)cc2)c1/C=C/C(O)CC(=O)CC(=O)O. The van der Waals surface area contributed by atoms with Crippen LogP contribution in [-0.2, 0) is 9.59 Å². The summed E-state index contributed by atoms with van der Waals surface area (Å²) in [6.45, 7) is 4.02. The van der Waals surface area contributed by atoms with Gasteiger partial charge in [-0.25, -0.2) is 4.39 Å². The first-order chi connectivity index (χ1) is 15.7. The zero-order valence-corrected chi connectivity index (χ0v) is 18.5. The molecule has 0 aliphatic rings. The van der Waals surface area contributed by atoms with Crippen LogP contribution < -0.4 is 0 Å². The summed E-state index contributed by atoms with van der Waals surface area (Å²) < 4.78 is 13.6. The van der Waals surface area contributed by atoms with Gasteiger partial charge >= 0.3 is 5.97 Å². The van der Waals surface area contributed by atoms with Gasteiger partial charge in [0.05, 0.1) is 17.5 Å². The summed E-state index contributed by atoms with van der Waals surface area (Å²) in [7, 11) is 0. The fraction of sp³-hybridized carbons (Fsp3) is 0.222. The van der Waals surface area contributed by atoms with Crippen LogP contribution in [0.2, 0.25) is 0 Å². The number of benzene rings is 2. The number of aliphatic hydroxyl groups excluding tert-OH is 1. The van der Waals surface area contributed by atoms with Crippen molar-refractivity contribution in [3.05, 3.63) is 83.8 Å². The van der Waals surface area contributed by atoms with Crippen molar-refractivity contribution in [1.82, 2.24) is 4.98 Å². The van der Waals surface area contributed by atoms with E-state index in [4.69, 9.17) is 10.1 Å². The van der Waals surface area contributed by atoms with Crippen molar-refractivity contribution in [3.63, 3.8) is 0 Å². The number of hydrogen-bond donors (Lipinski definition) is 2. The number of rotatable bonds is 9. The van der Waals surface area contributed by atoms with Gasteiger partial charge in [-0.15, -0.1) is 0 Å². The van der Waals surface area contributed by atoms with E-state index in [9.17, 15) is 19.1 Å². The molecule has 0 spiro atoms. The molecule has 2 N–H and O–H groups in total. The zero-order valence-electron chi connectivity index (χ0n) is 18.5. The van der Waals surface area contributed by atoms with Gasteiger partial charge in [-0.3, -0.25) is 14.6 Å². The third-order valence-corrected chi connectivity index (χ3v) is 5.13. The molecule has 0 radical (unpaired) electrons. The van der Waals surface area contributed by atoms with Crippen molar-refractivity contribution in [2.45, 2.75) is 38.7 Å². The van der Waals surface area contributed by atoms with Crippen molar-refractivity contribution in [1.29, 1.82) is 0 Å². The maximum Gasteiger partial charge on any atom is 0.310 e. The molecule has 0 aliphatic carbocycles. The van der Waals surface area contributed by atoms with Crippen LogP contribution in [0.3, 0.4) is 0 Å². The van der Waals surface area contributed by atoms with Gasteiger partial charge in [-0.05, 0) is 35.2 Å². The molecule has 1 heterocycles. The second-order valence-electron chi connectivity index (χ2n) is 8.12. The third kappa shape index (κ3) is 6.43. The largest absolute Gasteiger partial charge is 0.481 e. The molecule has 0 saturated heterocycles. The van der Waals surface area contributed by atoms with E-state index in [0.717, 1.165) is 33.6 Å². The average molecular weight is 448 g/mol. The number of ketones is 1. The molecule has 2 aromatic carbocycles. The molecule has 0 aliphatic heterocycles. The lowest BCUT2D eigenvalue weighted by atomic mass is 9.92. The molecular formula is C27H26FNO4. The fourth-order valence-electron chi connectivity index (χ4n) is 3.56. The van der Waals surface area contributed by atoms with Gasteiger partial charge in [0.1, 0.15) is 18.0 Å². The molecule has 6 heteroatoms. The lowest BCUT2D eigenvalue weighted by molar-refractivity contribution is -0.140. The molecule has 1 atom stereocenters. The second-order valence-corrected chi connectivity index (χ2v) is 8.12. The van der Waals surface area contributed by atoms with Crippen LogP contribution in [0.15, 0.2) is 66.7 Å². The van der Waals surface area contributed by atoms with E-state index in [1.807, 2.05) is 50.2 Å². The standard InChI is InChI=1S/C27H26FNO4/c1-17(2)27-23(13-12-21(30)14-22(31)15-26(32)33)24(18-8-10-20(28)11-9-18)16-25(29-27)19-6-4-3-5-7-19/h3-13,16-17,21,30H,14-15H2,1-2H3,(H,32,33)/b13-12+. The highest BCUT2D eigenvalue weighted by Gasteiger charge is 2.17. The molecule has 1 unspecified atom stereocenters. The Morgan fingerprint density at radius 2 is 1.70 bits per heavy atom. The van der Waals surface area contributed by atoms with Gasteiger partial charge < -0.3 is 10.2 Å². The number of carbonyl (C=O) groups is 2. The van der Waals surface area contributed by atoms with Crippen molar-refractivity contribution in [2.75, 3.05) is 0 Å². The normalized spacial score (nSPS) is 12.3. The molecular weight excluding hydrogens is 421 g/mol. The van der Waals surface area contributed by atoms with Crippen LogP contribution in [0.5, 0.6) is 0 Å². The van der Waals surface area contributed by atoms with Crippen LogP contribution in [0.4, 0.5) is 4.39 Å². The van der Waals surface area contributed by atoms with E-state index >= 15 is 0 Å². The quantitative estimate of drug-likeness (QED) is 0.424. The summed E-state index contributed by atoms with van der Waals surface area (Å²) in [6.07, 6.45) is 1.12. The van der Waals surface area contributed by atoms with Gasteiger partial charge in [0.2, 0.25) is 0 Å². The Morgan fingerprint density at radius 1 is 1.03 bits per heavy atom. The van der Waals surface area contributed by atoms with Crippen LogP contribution in [-0.4, -0.2) is 33.1 Å². The molecule has 0 bridgehead atoms. The van der Waals surface area contributed by atoms with Crippen LogP contribution in [0.1, 0.15) is 43.9 Å². The summed E-state index contributed by atoms with van der Waals surface area (Å²) in [4.78, 5) is 27.3. The predicted octanol–water partition coefficient (Wildman–Crippen LogP) is 5.49. The van der Waals surface area contributed by atoms with Crippen molar-refractivity contribution >= 4 is 17.8 Å². The Labute approximate surface area is 192 Å². The van der Waals surface area contributed by atoms with Gasteiger partial charge in [-0.1, -0.05) is 68.5 Å². The summed E-state index contributed by atoms with van der Waals surface area (Å²) in [5.74, 6) is -2.08. The van der Waals surface area contributed by atoms with Crippen molar-refractivity contribution in [2.24, 2.45) is 0 Å². The first-order valence-corrected chi connectivity index (χ1v) is 10.7. The molecule has 3 rings (SSSR count). The van der Waals surface area contributed by atoms with E-state index in [2.05, 4.69) is 0 Å². The van der Waals surface area contributed by atoms with E-state index in [-0.39, 0.29) is 18.2 Å². The first-order valence-electron chi connectivity index (χ1n) is 10.7. The maximum absolute atomic E-state index is 13.6. The number of aliphatic carboxylic acids is 1. The predicted molar refractivity (Wildman–Crippen MR) is 126 cm³/mol. The highest BCUT2D eigenvalue weighted by molar-refractivity contribution is 5.95. The fourth-order valence-corrected chi connectivity index (χ4v) is 3.56. The second kappa shape index (κ2) is 10.8. The highest BCUT2D eigenvalue weighted by Crippen LogP contribution is 2.34. The Hall–Kier alpha value is -3.64. The number of carboxylic acid groups (broad SMARTS) is 1. The van der Waals surface area contributed by atoms with Crippen LogP contribution >= 0.6 is 0 Å². The molecule has 0 amide bonds. The number of hydrogen-bond acceptors (Lipinski definition) is 4. The van der Waals surface area contributed by atoms with E-state index < -0.39 is 24.3 Å². The molecule has 3 aromatic rings. The Balaban J connectivity index is 2.09. The van der Waals surface area contributed by atoms with E-state index in [1.54, 1.807) is 18.2 Å². The summed E-state index contributed by atoms with van der Waals surface area (Å²) in [5, 5.41) is 19.0. The maximum atomic E-state index is 13.6. The number of Topliss-reactive ketones (excluding diaryl/α,β-unsaturated/α-hetero) is 1. The van der Waals surface area contributed by atoms with E-state index in [0.29, 0.717) is 0 Å². The average Bonchev–Trinajstić information content (AvgIpc) is 2.77. The van der Waals surface area contributed by atoms with Gasteiger partial charge in [-0.2, -0.15) is 0 Å². The Morgan fingerprint density at radius 3 is 2.30 bits per heavy atom. The molecule has 0 saturated carbocycles. The Bertz CT molecular complexity index is 1150. The summed E-state index contributed by atoms with van der Waals surface area (Å²) in [6, 6.07) is 17.8. The van der Waals surface area contributed by atoms with E-state index in [1.165, 1.54) is 18.2 Å². The lowest BCUT2D eigenvalue weighted by Crippen LogP contribution is -2.14. The molecule has 1 aromatic heterocycles. The number of aliphatic hydroxyl groups is 1. The first kappa shape index (κ1) is 24.0. The minimum Gasteiger partial charge on any atom is -0.481 e. The van der Waals surface area contributed by atoms with Gasteiger partial charge in [0.15, 0.2) is 0 Å².